The van der Waals surface area contributed by atoms with Crippen LogP contribution in [0.2, 0.25) is 0 Å². The third kappa shape index (κ3) is 2.03. The highest BCUT2D eigenvalue weighted by Gasteiger charge is 2.23. The molecule has 1 aliphatic rings. The van der Waals surface area contributed by atoms with Crippen LogP contribution in [0.25, 0.3) is 10.9 Å². The Morgan fingerprint density at radius 1 is 1.26 bits per heavy atom. The van der Waals surface area contributed by atoms with E-state index in [9.17, 15) is 4.79 Å². The Kier molecular flexibility index (Phi) is 2.85. The van der Waals surface area contributed by atoms with E-state index in [0.29, 0.717) is 5.69 Å². The summed E-state index contributed by atoms with van der Waals surface area (Å²) in [5.74, 6) is 0.0318. The van der Waals surface area contributed by atoms with E-state index in [1.807, 2.05) is 36.2 Å². The summed E-state index contributed by atoms with van der Waals surface area (Å²) in [5, 5.41) is 5.32. The van der Waals surface area contributed by atoms with Crippen LogP contribution in [-0.2, 0) is 7.05 Å². The first-order chi connectivity index (χ1) is 9.16. The molecule has 1 aromatic carbocycles. The van der Waals surface area contributed by atoms with E-state index in [1.165, 1.54) is 5.57 Å². The SMILES string of the molecule is C=C1CCN(C(=O)c2nn(C)c3ccccc23)CC1. The third-order valence-corrected chi connectivity index (χ3v) is 3.72. The van der Waals surface area contributed by atoms with Crippen molar-refractivity contribution in [1.82, 2.24) is 14.7 Å². The van der Waals surface area contributed by atoms with Crippen LogP contribution < -0.4 is 0 Å². The molecule has 98 valence electrons. The van der Waals surface area contributed by atoms with Gasteiger partial charge in [-0.05, 0) is 18.9 Å². The minimum Gasteiger partial charge on any atom is -0.337 e. The van der Waals surface area contributed by atoms with E-state index < -0.39 is 0 Å². The highest BCUT2D eigenvalue weighted by atomic mass is 16.2. The summed E-state index contributed by atoms with van der Waals surface area (Å²) < 4.78 is 1.77. The molecule has 1 saturated heterocycles. The highest BCUT2D eigenvalue weighted by molar-refractivity contribution is 6.04. The Labute approximate surface area is 112 Å². The monoisotopic (exact) mass is 255 g/mol. The van der Waals surface area contributed by atoms with Gasteiger partial charge in [0.05, 0.1) is 5.52 Å². The fraction of sp³-hybridized carbons (Fsp3) is 0.333. The van der Waals surface area contributed by atoms with Crippen molar-refractivity contribution < 1.29 is 4.79 Å². The molecular weight excluding hydrogens is 238 g/mol. The molecule has 0 saturated carbocycles. The van der Waals surface area contributed by atoms with Gasteiger partial charge in [0, 0.05) is 25.5 Å². The topological polar surface area (TPSA) is 38.1 Å². The lowest BCUT2D eigenvalue weighted by molar-refractivity contribution is 0.0739. The van der Waals surface area contributed by atoms with Gasteiger partial charge < -0.3 is 4.90 Å². The van der Waals surface area contributed by atoms with Crippen molar-refractivity contribution in [2.45, 2.75) is 12.8 Å². The molecule has 1 aliphatic heterocycles. The van der Waals surface area contributed by atoms with Gasteiger partial charge in [-0.15, -0.1) is 0 Å². The summed E-state index contributed by atoms with van der Waals surface area (Å²) in [6.07, 6.45) is 1.80. The molecule has 2 aromatic rings. The lowest BCUT2D eigenvalue weighted by atomic mass is 10.1. The summed E-state index contributed by atoms with van der Waals surface area (Å²) in [6.45, 7) is 5.48. The molecular formula is C15H17N3O. The van der Waals surface area contributed by atoms with Crippen molar-refractivity contribution in [3.05, 3.63) is 42.1 Å². The summed E-state index contributed by atoms with van der Waals surface area (Å²) in [6, 6.07) is 7.84. The number of amides is 1. The molecule has 0 N–H and O–H groups in total. The van der Waals surface area contributed by atoms with Crippen LogP contribution in [-0.4, -0.2) is 33.7 Å². The molecule has 1 fully saturated rings. The lowest BCUT2D eigenvalue weighted by Crippen LogP contribution is -2.36. The number of hydrogen-bond acceptors (Lipinski definition) is 2. The number of para-hydroxylation sites is 1. The van der Waals surface area contributed by atoms with E-state index in [1.54, 1.807) is 4.68 Å². The van der Waals surface area contributed by atoms with E-state index >= 15 is 0 Å². The smallest absolute Gasteiger partial charge is 0.275 e. The van der Waals surface area contributed by atoms with Crippen LogP contribution in [0.1, 0.15) is 23.3 Å². The summed E-state index contributed by atoms with van der Waals surface area (Å²) in [7, 11) is 1.87. The molecule has 4 nitrogen and oxygen atoms in total. The molecule has 0 bridgehead atoms. The molecule has 3 rings (SSSR count). The summed E-state index contributed by atoms with van der Waals surface area (Å²) >= 11 is 0. The number of rotatable bonds is 1. The number of fused-ring (bicyclic) bond motifs is 1. The van der Waals surface area contributed by atoms with E-state index in [-0.39, 0.29) is 5.91 Å². The Hall–Kier alpha value is -2.10. The van der Waals surface area contributed by atoms with Crippen molar-refractivity contribution in [2.75, 3.05) is 13.1 Å². The molecule has 2 heterocycles. The second-order valence-corrected chi connectivity index (χ2v) is 5.03. The van der Waals surface area contributed by atoms with E-state index in [0.717, 1.165) is 36.8 Å². The molecule has 4 heteroatoms. The predicted molar refractivity (Wildman–Crippen MR) is 75.0 cm³/mol. The second-order valence-electron chi connectivity index (χ2n) is 5.03. The molecule has 1 aromatic heterocycles. The van der Waals surface area contributed by atoms with Crippen LogP contribution in [0.3, 0.4) is 0 Å². The van der Waals surface area contributed by atoms with Gasteiger partial charge in [0.25, 0.3) is 5.91 Å². The first-order valence-corrected chi connectivity index (χ1v) is 6.54. The van der Waals surface area contributed by atoms with Gasteiger partial charge in [0.2, 0.25) is 0 Å². The van der Waals surface area contributed by atoms with Crippen LogP contribution in [0.5, 0.6) is 0 Å². The van der Waals surface area contributed by atoms with Crippen molar-refractivity contribution in [1.29, 1.82) is 0 Å². The quantitative estimate of drug-likeness (QED) is 0.734. The van der Waals surface area contributed by atoms with Crippen molar-refractivity contribution in [3.63, 3.8) is 0 Å². The van der Waals surface area contributed by atoms with Gasteiger partial charge in [-0.25, -0.2) is 0 Å². The van der Waals surface area contributed by atoms with Crippen molar-refractivity contribution >= 4 is 16.8 Å². The Balaban J connectivity index is 1.96. The maximum absolute atomic E-state index is 12.6. The van der Waals surface area contributed by atoms with Crippen LogP contribution >= 0.6 is 0 Å². The average molecular weight is 255 g/mol. The lowest BCUT2D eigenvalue weighted by Gasteiger charge is -2.27. The van der Waals surface area contributed by atoms with Crippen molar-refractivity contribution in [3.8, 4) is 0 Å². The zero-order chi connectivity index (χ0) is 13.4. The first-order valence-electron chi connectivity index (χ1n) is 6.54. The average Bonchev–Trinajstić information content (AvgIpc) is 2.77. The van der Waals surface area contributed by atoms with Crippen LogP contribution in [0.15, 0.2) is 36.4 Å². The fourth-order valence-corrected chi connectivity index (χ4v) is 2.55. The zero-order valence-corrected chi connectivity index (χ0v) is 11.1. The second kappa shape index (κ2) is 4.53. The third-order valence-electron chi connectivity index (χ3n) is 3.72. The van der Waals surface area contributed by atoms with E-state index in [2.05, 4.69) is 11.7 Å². The van der Waals surface area contributed by atoms with Gasteiger partial charge in [-0.1, -0.05) is 30.4 Å². The van der Waals surface area contributed by atoms with E-state index in [4.69, 9.17) is 0 Å². The van der Waals surface area contributed by atoms with Gasteiger partial charge in [0.1, 0.15) is 0 Å². The van der Waals surface area contributed by atoms with Crippen LogP contribution in [0, 0.1) is 0 Å². The summed E-state index contributed by atoms with van der Waals surface area (Å²) in [5.41, 5.74) is 2.79. The van der Waals surface area contributed by atoms with Gasteiger partial charge >= 0.3 is 0 Å². The molecule has 0 unspecified atom stereocenters. The number of nitrogens with zero attached hydrogens (tertiary/aromatic N) is 3. The maximum atomic E-state index is 12.6. The fourth-order valence-electron chi connectivity index (χ4n) is 2.55. The number of hydrogen-bond donors (Lipinski definition) is 0. The van der Waals surface area contributed by atoms with Crippen molar-refractivity contribution in [2.24, 2.45) is 7.05 Å². The number of carbonyl (C=O) groups is 1. The standard InChI is InChI=1S/C15H17N3O/c1-11-7-9-18(10-8-11)15(19)14-12-5-3-4-6-13(12)17(2)16-14/h3-6H,1,7-10H2,2H3. The Bertz CT molecular complexity index is 646. The van der Waals surface area contributed by atoms with Gasteiger partial charge in [-0.3, -0.25) is 9.48 Å². The van der Waals surface area contributed by atoms with Gasteiger partial charge in [0.15, 0.2) is 5.69 Å². The van der Waals surface area contributed by atoms with Crippen LogP contribution in [0.4, 0.5) is 0 Å². The molecule has 0 atom stereocenters. The number of benzene rings is 1. The molecule has 0 radical (unpaired) electrons. The number of likely N-dealkylation sites (tertiary alicyclic amines) is 1. The zero-order valence-electron chi connectivity index (χ0n) is 11.1. The molecule has 0 spiro atoms. The minimum atomic E-state index is 0.0318. The minimum absolute atomic E-state index is 0.0318. The normalized spacial score (nSPS) is 16.1. The number of aromatic nitrogens is 2. The van der Waals surface area contributed by atoms with Gasteiger partial charge in [-0.2, -0.15) is 5.10 Å². The largest absolute Gasteiger partial charge is 0.337 e. The Morgan fingerprint density at radius 2 is 1.95 bits per heavy atom. The number of aryl methyl sites for hydroxylation is 1. The first kappa shape index (κ1) is 12.0. The molecule has 1 amide bonds. The Morgan fingerprint density at radius 3 is 2.68 bits per heavy atom. The number of piperidine rings is 1. The summed E-state index contributed by atoms with van der Waals surface area (Å²) in [4.78, 5) is 14.4. The molecule has 0 aliphatic carbocycles. The molecule has 19 heavy (non-hydrogen) atoms. The predicted octanol–water partition coefficient (Wildman–Crippen LogP) is 2.37. The highest BCUT2D eigenvalue weighted by Crippen LogP contribution is 2.21. The maximum Gasteiger partial charge on any atom is 0.275 e. The number of carbonyl (C=O) groups excluding carboxylic acids is 1.